The number of hydrogen-bond acceptors (Lipinski definition) is 5. The first-order valence-corrected chi connectivity index (χ1v) is 7.64. The van der Waals surface area contributed by atoms with E-state index in [-0.39, 0.29) is 0 Å². The van der Waals surface area contributed by atoms with Gasteiger partial charge in [0.25, 0.3) is 0 Å². The van der Waals surface area contributed by atoms with E-state index in [0.717, 1.165) is 42.3 Å². The second-order valence-electron chi connectivity index (χ2n) is 4.89. The SMILES string of the molecule is CCC(C)N1CCN(c2ncnc(NC)c2Br)CC1. The van der Waals surface area contributed by atoms with Crippen molar-refractivity contribution < 1.29 is 0 Å². The maximum Gasteiger partial charge on any atom is 0.148 e. The summed E-state index contributed by atoms with van der Waals surface area (Å²) in [6.07, 6.45) is 2.83. The Labute approximate surface area is 123 Å². The van der Waals surface area contributed by atoms with Gasteiger partial charge in [-0.05, 0) is 29.3 Å². The standard InChI is InChI=1S/C13H22BrN5/c1-4-10(2)18-5-7-19(8-6-18)13-11(14)12(15-3)16-9-17-13/h9-10H,4-8H2,1-3H3,(H,15,16,17). The molecule has 1 aliphatic rings. The summed E-state index contributed by atoms with van der Waals surface area (Å²) in [5, 5.41) is 3.08. The van der Waals surface area contributed by atoms with Crippen molar-refractivity contribution in [3.63, 3.8) is 0 Å². The van der Waals surface area contributed by atoms with Gasteiger partial charge in [0.15, 0.2) is 0 Å². The highest BCUT2D eigenvalue weighted by molar-refractivity contribution is 9.10. The van der Waals surface area contributed by atoms with Crippen molar-refractivity contribution in [1.82, 2.24) is 14.9 Å². The highest BCUT2D eigenvalue weighted by Crippen LogP contribution is 2.29. The molecular weight excluding hydrogens is 306 g/mol. The van der Waals surface area contributed by atoms with Gasteiger partial charge in [-0.3, -0.25) is 4.90 Å². The highest BCUT2D eigenvalue weighted by atomic mass is 79.9. The highest BCUT2D eigenvalue weighted by Gasteiger charge is 2.23. The molecule has 0 bridgehead atoms. The number of aromatic nitrogens is 2. The third-order valence-corrected chi connectivity index (χ3v) is 4.57. The van der Waals surface area contributed by atoms with Crippen LogP contribution in [0.5, 0.6) is 0 Å². The van der Waals surface area contributed by atoms with E-state index in [4.69, 9.17) is 0 Å². The van der Waals surface area contributed by atoms with E-state index < -0.39 is 0 Å². The van der Waals surface area contributed by atoms with Crippen molar-refractivity contribution in [3.05, 3.63) is 10.8 Å². The van der Waals surface area contributed by atoms with Gasteiger partial charge in [-0.1, -0.05) is 6.92 Å². The van der Waals surface area contributed by atoms with Gasteiger partial charge < -0.3 is 10.2 Å². The summed E-state index contributed by atoms with van der Waals surface area (Å²) in [6, 6.07) is 0.670. The van der Waals surface area contributed by atoms with E-state index >= 15 is 0 Å². The van der Waals surface area contributed by atoms with Crippen LogP contribution in [0.4, 0.5) is 11.6 Å². The molecule has 0 saturated carbocycles. The summed E-state index contributed by atoms with van der Waals surface area (Å²) in [5.41, 5.74) is 0. The minimum Gasteiger partial charge on any atom is -0.372 e. The summed E-state index contributed by atoms with van der Waals surface area (Å²) in [6.45, 7) is 8.78. The zero-order valence-electron chi connectivity index (χ0n) is 11.9. The fourth-order valence-corrected chi connectivity index (χ4v) is 3.04. The number of anilines is 2. The molecule has 1 aromatic rings. The Balaban J connectivity index is 2.06. The Morgan fingerprint density at radius 2 is 2.00 bits per heavy atom. The summed E-state index contributed by atoms with van der Waals surface area (Å²) in [5.74, 6) is 1.83. The number of halogens is 1. The molecule has 6 heteroatoms. The quantitative estimate of drug-likeness (QED) is 0.918. The lowest BCUT2D eigenvalue weighted by Gasteiger charge is -2.38. The Hall–Kier alpha value is -0.880. The van der Waals surface area contributed by atoms with Crippen molar-refractivity contribution in [1.29, 1.82) is 0 Å². The molecule has 0 aromatic carbocycles. The second kappa shape index (κ2) is 6.52. The van der Waals surface area contributed by atoms with E-state index in [0.29, 0.717) is 6.04 Å². The third-order valence-electron chi connectivity index (χ3n) is 3.84. The van der Waals surface area contributed by atoms with Crippen molar-refractivity contribution >= 4 is 27.6 Å². The van der Waals surface area contributed by atoms with Crippen molar-refractivity contribution in [2.24, 2.45) is 0 Å². The lowest BCUT2D eigenvalue weighted by atomic mass is 10.2. The molecule has 19 heavy (non-hydrogen) atoms. The molecule has 1 unspecified atom stereocenters. The minimum absolute atomic E-state index is 0.670. The largest absolute Gasteiger partial charge is 0.372 e. The number of piperazine rings is 1. The zero-order chi connectivity index (χ0) is 13.8. The summed E-state index contributed by atoms with van der Waals surface area (Å²) < 4.78 is 0.953. The van der Waals surface area contributed by atoms with E-state index in [1.165, 1.54) is 6.42 Å². The number of hydrogen-bond donors (Lipinski definition) is 1. The van der Waals surface area contributed by atoms with Crippen LogP contribution in [0.1, 0.15) is 20.3 Å². The predicted octanol–water partition coefficient (Wildman–Crippen LogP) is 2.20. The average Bonchev–Trinajstić information content (AvgIpc) is 2.47. The molecule has 0 amide bonds. The molecule has 0 aliphatic carbocycles. The van der Waals surface area contributed by atoms with Gasteiger partial charge >= 0.3 is 0 Å². The Morgan fingerprint density at radius 1 is 1.32 bits per heavy atom. The molecule has 1 saturated heterocycles. The first-order chi connectivity index (χ1) is 9.17. The average molecular weight is 328 g/mol. The number of rotatable bonds is 4. The smallest absolute Gasteiger partial charge is 0.148 e. The van der Waals surface area contributed by atoms with Crippen LogP contribution in [0.15, 0.2) is 10.8 Å². The molecule has 1 fully saturated rings. The van der Waals surface area contributed by atoms with Crippen molar-refractivity contribution in [3.8, 4) is 0 Å². The molecule has 2 rings (SSSR count). The predicted molar refractivity (Wildman–Crippen MR) is 82.8 cm³/mol. The van der Waals surface area contributed by atoms with Gasteiger partial charge in [-0.25, -0.2) is 9.97 Å². The molecule has 1 N–H and O–H groups in total. The van der Waals surface area contributed by atoms with E-state index in [9.17, 15) is 0 Å². The van der Waals surface area contributed by atoms with Crippen molar-refractivity contribution in [2.45, 2.75) is 26.3 Å². The van der Waals surface area contributed by atoms with Crippen LogP contribution in [-0.4, -0.2) is 54.1 Å². The van der Waals surface area contributed by atoms with E-state index in [1.807, 2.05) is 7.05 Å². The molecule has 1 aromatic heterocycles. The normalized spacial score (nSPS) is 18.4. The van der Waals surface area contributed by atoms with E-state index in [1.54, 1.807) is 6.33 Å². The van der Waals surface area contributed by atoms with Gasteiger partial charge in [0.1, 0.15) is 22.4 Å². The van der Waals surface area contributed by atoms with Gasteiger partial charge in [-0.15, -0.1) is 0 Å². The molecule has 0 spiro atoms. The molecule has 0 radical (unpaired) electrons. The monoisotopic (exact) mass is 327 g/mol. The van der Waals surface area contributed by atoms with Gasteiger partial charge in [0.05, 0.1) is 0 Å². The molecular formula is C13H22BrN5. The first kappa shape index (κ1) is 14.5. The molecule has 2 heterocycles. The number of nitrogens with one attached hydrogen (secondary N) is 1. The van der Waals surface area contributed by atoms with Gasteiger partial charge in [-0.2, -0.15) is 0 Å². The van der Waals surface area contributed by atoms with Crippen LogP contribution in [0.3, 0.4) is 0 Å². The van der Waals surface area contributed by atoms with Crippen LogP contribution in [0, 0.1) is 0 Å². The van der Waals surface area contributed by atoms with Crippen molar-refractivity contribution in [2.75, 3.05) is 43.4 Å². The lowest BCUT2D eigenvalue weighted by molar-refractivity contribution is 0.192. The second-order valence-corrected chi connectivity index (χ2v) is 5.68. The first-order valence-electron chi connectivity index (χ1n) is 6.84. The molecule has 1 aliphatic heterocycles. The van der Waals surface area contributed by atoms with Crippen LogP contribution in [0.2, 0.25) is 0 Å². The molecule has 1 atom stereocenters. The van der Waals surface area contributed by atoms with Crippen LogP contribution < -0.4 is 10.2 Å². The summed E-state index contributed by atoms with van der Waals surface area (Å²) in [4.78, 5) is 13.5. The fraction of sp³-hybridized carbons (Fsp3) is 0.692. The Morgan fingerprint density at radius 3 is 2.58 bits per heavy atom. The van der Waals surface area contributed by atoms with Gasteiger partial charge in [0.2, 0.25) is 0 Å². The summed E-state index contributed by atoms with van der Waals surface area (Å²) in [7, 11) is 1.87. The molecule has 5 nitrogen and oxygen atoms in total. The van der Waals surface area contributed by atoms with Crippen LogP contribution >= 0.6 is 15.9 Å². The summed E-state index contributed by atoms with van der Waals surface area (Å²) >= 11 is 3.59. The Bertz CT molecular complexity index is 417. The minimum atomic E-state index is 0.670. The molecule has 106 valence electrons. The topological polar surface area (TPSA) is 44.3 Å². The van der Waals surface area contributed by atoms with Crippen LogP contribution in [-0.2, 0) is 0 Å². The van der Waals surface area contributed by atoms with Crippen LogP contribution in [0.25, 0.3) is 0 Å². The maximum absolute atomic E-state index is 4.41. The zero-order valence-corrected chi connectivity index (χ0v) is 13.4. The maximum atomic E-state index is 4.41. The Kier molecular flexibility index (Phi) is 4.99. The lowest BCUT2D eigenvalue weighted by Crippen LogP contribution is -2.49. The third kappa shape index (κ3) is 3.17. The number of nitrogens with zero attached hydrogens (tertiary/aromatic N) is 4. The van der Waals surface area contributed by atoms with Gasteiger partial charge in [0, 0.05) is 39.3 Å². The van der Waals surface area contributed by atoms with E-state index in [2.05, 4.69) is 54.9 Å². The fourth-order valence-electron chi connectivity index (χ4n) is 2.39.